The van der Waals surface area contributed by atoms with Gasteiger partial charge >= 0.3 is 12.4 Å². The van der Waals surface area contributed by atoms with Crippen LogP contribution in [0.3, 0.4) is 0 Å². The van der Waals surface area contributed by atoms with E-state index >= 15 is 0 Å². The third kappa shape index (κ3) is 4.12. The smallest absolute Gasteiger partial charge is 0.392 e. The predicted molar refractivity (Wildman–Crippen MR) is 65.6 cm³/mol. The summed E-state index contributed by atoms with van der Waals surface area (Å²) in [5.74, 6) is -3.79. The van der Waals surface area contributed by atoms with Crippen LogP contribution in [0.4, 0.5) is 26.3 Å². The molecule has 0 radical (unpaired) electrons. The Labute approximate surface area is 125 Å². The van der Waals surface area contributed by atoms with E-state index in [9.17, 15) is 31.4 Å². The predicted octanol–water partition coefficient (Wildman–Crippen LogP) is 3.39. The summed E-state index contributed by atoms with van der Waals surface area (Å²) < 4.78 is 76.6. The lowest BCUT2D eigenvalue weighted by atomic mass is 9.97. The second-order valence-corrected chi connectivity index (χ2v) is 5.31. The Morgan fingerprint density at radius 1 is 1.19 bits per heavy atom. The number of rotatable bonds is 4. The highest BCUT2D eigenvalue weighted by Gasteiger charge is 2.60. The van der Waals surface area contributed by atoms with E-state index in [0.29, 0.717) is 16.6 Å². The lowest BCUT2D eigenvalue weighted by molar-refractivity contribution is -0.305. The van der Waals surface area contributed by atoms with Crippen molar-refractivity contribution in [3.05, 3.63) is 15.9 Å². The summed E-state index contributed by atoms with van der Waals surface area (Å²) in [6.45, 7) is 1.74. The first-order valence-corrected chi connectivity index (χ1v) is 6.70. The third-order valence-electron chi connectivity index (χ3n) is 3.00. The topological polar surface area (TPSA) is 38.0 Å². The molecule has 1 atom stereocenters. The number of aromatic nitrogens is 2. The largest absolute Gasteiger partial charge is 0.403 e. The van der Waals surface area contributed by atoms with E-state index in [0.717, 1.165) is 4.68 Å². The number of halogens is 7. The van der Waals surface area contributed by atoms with Crippen LogP contribution in [0.1, 0.15) is 18.3 Å². The Balaban J connectivity index is 3.09. The fourth-order valence-electron chi connectivity index (χ4n) is 1.98. The lowest BCUT2D eigenvalue weighted by Gasteiger charge is -2.27. The Bertz CT molecular complexity index is 482. The van der Waals surface area contributed by atoms with Gasteiger partial charge in [-0.1, -0.05) is 6.92 Å². The molecule has 1 unspecified atom stereocenters. The fourth-order valence-corrected chi connectivity index (χ4v) is 2.76. The summed E-state index contributed by atoms with van der Waals surface area (Å²) in [6.07, 6.45) is -14.1. The minimum absolute atomic E-state index is 0.0813. The van der Waals surface area contributed by atoms with Crippen LogP contribution in [-0.2, 0) is 19.9 Å². The minimum atomic E-state index is -5.57. The van der Waals surface area contributed by atoms with Crippen molar-refractivity contribution in [2.24, 2.45) is 13.0 Å². The number of aliphatic hydroxyl groups excluding tert-OH is 1. The molecule has 0 amide bonds. The van der Waals surface area contributed by atoms with Crippen molar-refractivity contribution in [2.45, 2.75) is 38.2 Å². The van der Waals surface area contributed by atoms with E-state index in [2.05, 4.69) is 21.0 Å². The van der Waals surface area contributed by atoms with E-state index in [4.69, 9.17) is 0 Å². The SMILES string of the molecule is CCc1nn(C)c(CC(O)C(C(F)(F)F)C(F)(F)F)c1Br. The zero-order chi connectivity index (χ0) is 16.6. The average molecular weight is 383 g/mol. The molecule has 10 heteroatoms. The van der Waals surface area contributed by atoms with Gasteiger partial charge in [-0.3, -0.25) is 4.68 Å². The van der Waals surface area contributed by atoms with Crippen molar-refractivity contribution >= 4 is 15.9 Å². The summed E-state index contributed by atoms with van der Waals surface area (Å²) in [5, 5.41) is 13.4. The Morgan fingerprint density at radius 3 is 2.00 bits per heavy atom. The van der Waals surface area contributed by atoms with Gasteiger partial charge in [-0.15, -0.1) is 0 Å². The molecule has 21 heavy (non-hydrogen) atoms. The molecular weight excluding hydrogens is 370 g/mol. The molecule has 0 fully saturated rings. The zero-order valence-corrected chi connectivity index (χ0v) is 12.6. The van der Waals surface area contributed by atoms with Crippen LogP contribution in [0.15, 0.2) is 4.47 Å². The van der Waals surface area contributed by atoms with Crippen molar-refractivity contribution in [2.75, 3.05) is 0 Å². The number of hydrogen-bond acceptors (Lipinski definition) is 2. The van der Waals surface area contributed by atoms with Gasteiger partial charge in [0.25, 0.3) is 0 Å². The molecule has 0 aliphatic rings. The molecule has 0 aromatic carbocycles. The summed E-state index contributed by atoms with van der Waals surface area (Å²) in [6, 6.07) is 0. The Kier molecular flexibility index (Phi) is 5.36. The van der Waals surface area contributed by atoms with Gasteiger partial charge in [0.05, 0.1) is 22.0 Å². The summed E-state index contributed by atoms with van der Waals surface area (Å²) in [5.41, 5.74) is 0.577. The number of aryl methyl sites for hydroxylation is 2. The van der Waals surface area contributed by atoms with Crippen molar-refractivity contribution in [1.82, 2.24) is 9.78 Å². The Morgan fingerprint density at radius 2 is 1.67 bits per heavy atom. The maximum Gasteiger partial charge on any atom is 0.403 e. The normalized spacial score (nSPS) is 14.8. The highest BCUT2D eigenvalue weighted by atomic mass is 79.9. The Hall–Kier alpha value is -0.770. The highest BCUT2D eigenvalue weighted by molar-refractivity contribution is 9.10. The van der Waals surface area contributed by atoms with Gasteiger partial charge in [0.1, 0.15) is 0 Å². The second-order valence-electron chi connectivity index (χ2n) is 4.52. The van der Waals surface area contributed by atoms with Gasteiger partial charge in [0.2, 0.25) is 0 Å². The average Bonchev–Trinajstić information content (AvgIpc) is 2.52. The standard InChI is InChI=1S/C11H13BrF6N2O/c1-3-5-8(12)6(20(2)19-5)4-7(21)9(10(13,14)15)11(16,17)18/h7,9,21H,3-4H2,1-2H3. The molecule has 0 aliphatic heterocycles. The molecule has 0 spiro atoms. The molecular formula is C11H13BrF6N2O. The van der Waals surface area contributed by atoms with Gasteiger partial charge in [-0.05, 0) is 22.4 Å². The monoisotopic (exact) mass is 382 g/mol. The van der Waals surface area contributed by atoms with Crippen LogP contribution in [0.2, 0.25) is 0 Å². The van der Waals surface area contributed by atoms with Gasteiger partial charge in [-0.25, -0.2) is 0 Å². The van der Waals surface area contributed by atoms with E-state index in [-0.39, 0.29) is 5.69 Å². The van der Waals surface area contributed by atoms with Gasteiger partial charge in [0.15, 0.2) is 5.92 Å². The van der Waals surface area contributed by atoms with Crippen LogP contribution < -0.4 is 0 Å². The minimum Gasteiger partial charge on any atom is -0.392 e. The molecule has 0 saturated heterocycles. The highest BCUT2D eigenvalue weighted by Crippen LogP contribution is 2.42. The molecule has 1 N–H and O–H groups in total. The molecule has 1 heterocycles. The molecule has 3 nitrogen and oxygen atoms in total. The van der Waals surface area contributed by atoms with Gasteiger partial charge in [0, 0.05) is 13.5 Å². The molecule has 1 rings (SSSR count). The van der Waals surface area contributed by atoms with Crippen LogP contribution >= 0.6 is 15.9 Å². The van der Waals surface area contributed by atoms with E-state index in [1.54, 1.807) is 6.92 Å². The number of hydrogen-bond donors (Lipinski definition) is 1. The summed E-state index contributed by atoms with van der Waals surface area (Å²) >= 11 is 3.08. The maximum absolute atomic E-state index is 12.5. The van der Waals surface area contributed by atoms with Crippen molar-refractivity contribution in [3.8, 4) is 0 Å². The first kappa shape index (κ1) is 18.3. The molecule has 0 bridgehead atoms. The van der Waals surface area contributed by atoms with Crippen LogP contribution in [-0.4, -0.2) is 33.3 Å². The molecule has 122 valence electrons. The maximum atomic E-state index is 12.5. The molecule has 0 aliphatic carbocycles. The quantitative estimate of drug-likeness (QED) is 0.810. The number of aliphatic hydroxyl groups is 1. The second kappa shape index (κ2) is 6.15. The summed E-state index contributed by atoms with van der Waals surface area (Å²) in [4.78, 5) is 0. The van der Waals surface area contributed by atoms with Crippen LogP contribution in [0.25, 0.3) is 0 Å². The van der Waals surface area contributed by atoms with Crippen LogP contribution in [0, 0.1) is 5.92 Å². The van der Waals surface area contributed by atoms with E-state index in [1.807, 2.05) is 0 Å². The van der Waals surface area contributed by atoms with Crippen molar-refractivity contribution in [1.29, 1.82) is 0 Å². The number of alkyl halides is 6. The van der Waals surface area contributed by atoms with Crippen molar-refractivity contribution < 1.29 is 31.4 Å². The molecule has 0 saturated carbocycles. The van der Waals surface area contributed by atoms with E-state index < -0.39 is 30.8 Å². The van der Waals surface area contributed by atoms with E-state index in [1.165, 1.54) is 7.05 Å². The van der Waals surface area contributed by atoms with Gasteiger partial charge in [-0.2, -0.15) is 31.4 Å². The number of nitrogens with zero attached hydrogens (tertiary/aromatic N) is 2. The molecule has 1 aromatic heterocycles. The summed E-state index contributed by atoms with van der Waals surface area (Å²) in [7, 11) is 1.39. The first-order chi connectivity index (χ1) is 9.39. The first-order valence-electron chi connectivity index (χ1n) is 5.91. The van der Waals surface area contributed by atoms with Gasteiger partial charge < -0.3 is 5.11 Å². The molecule has 1 aromatic rings. The zero-order valence-electron chi connectivity index (χ0n) is 11.1. The van der Waals surface area contributed by atoms with Crippen molar-refractivity contribution in [3.63, 3.8) is 0 Å². The van der Waals surface area contributed by atoms with Crippen LogP contribution in [0.5, 0.6) is 0 Å². The fraction of sp³-hybridized carbons (Fsp3) is 0.727. The lowest BCUT2D eigenvalue weighted by Crippen LogP contribution is -2.45. The third-order valence-corrected chi connectivity index (χ3v) is 3.91.